The molecule has 0 atom stereocenters. The summed E-state index contributed by atoms with van der Waals surface area (Å²) in [6.45, 7) is 5.33. The van der Waals surface area contributed by atoms with Crippen molar-refractivity contribution in [3.8, 4) is 22.9 Å². The van der Waals surface area contributed by atoms with E-state index in [2.05, 4.69) is 68.4 Å². The second-order valence-corrected chi connectivity index (χ2v) is 11.1. The van der Waals surface area contributed by atoms with Gasteiger partial charge in [0.05, 0.1) is 18.1 Å². The molecule has 3 rings (SSSR count). The van der Waals surface area contributed by atoms with Gasteiger partial charge >= 0.3 is 0 Å². The lowest BCUT2D eigenvalue weighted by Crippen LogP contribution is -2.30. The Balaban J connectivity index is 1.47. The molecule has 196 valence electrons. The minimum absolute atomic E-state index is 0.300. The zero-order chi connectivity index (χ0) is 25.5. The SMILES string of the molecule is CCCCCCCCOc1ccc(-c2ccc(C3(C#N)CCC(CCCCCCC)CC3)cc2)cc1. The van der Waals surface area contributed by atoms with Gasteiger partial charge in [-0.05, 0) is 66.8 Å². The van der Waals surface area contributed by atoms with Crippen LogP contribution in [-0.4, -0.2) is 6.61 Å². The lowest BCUT2D eigenvalue weighted by Gasteiger charge is -2.35. The first-order valence-electron chi connectivity index (χ1n) is 15.0. The summed E-state index contributed by atoms with van der Waals surface area (Å²) in [6, 6.07) is 20.0. The predicted octanol–water partition coefficient (Wildman–Crippen LogP) is 10.4. The Labute approximate surface area is 221 Å². The Bertz CT molecular complexity index is 884. The number of nitriles is 1. The van der Waals surface area contributed by atoms with Gasteiger partial charge in [0.25, 0.3) is 0 Å². The molecule has 1 aliphatic rings. The fourth-order valence-electron chi connectivity index (χ4n) is 5.76. The highest BCUT2D eigenvalue weighted by molar-refractivity contribution is 5.65. The highest BCUT2D eigenvalue weighted by Crippen LogP contribution is 2.43. The monoisotopic (exact) mass is 487 g/mol. The molecule has 1 saturated carbocycles. The third kappa shape index (κ3) is 8.69. The topological polar surface area (TPSA) is 33.0 Å². The van der Waals surface area contributed by atoms with Gasteiger partial charge < -0.3 is 4.74 Å². The van der Waals surface area contributed by atoms with Gasteiger partial charge in [0.2, 0.25) is 0 Å². The van der Waals surface area contributed by atoms with E-state index in [1.807, 2.05) is 0 Å². The van der Waals surface area contributed by atoms with Crippen molar-refractivity contribution < 1.29 is 4.74 Å². The quantitative estimate of drug-likeness (QED) is 0.221. The van der Waals surface area contributed by atoms with E-state index in [0.29, 0.717) is 0 Å². The standard InChI is InChI=1S/C34H49NO/c1-3-5-7-9-11-13-27-36-33-21-17-31(18-22-33)30-15-19-32(20-16-30)34(28-35)25-23-29(24-26-34)14-12-10-8-6-4-2/h15-22,29H,3-14,23-27H2,1-2H3. The lowest BCUT2D eigenvalue weighted by molar-refractivity contribution is 0.261. The van der Waals surface area contributed by atoms with E-state index in [-0.39, 0.29) is 5.41 Å². The number of unbranched alkanes of at least 4 members (excludes halogenated alkanes) is 9. The van der Waals surface area contributed by atoms with Gasteiger partial charge in [-0.15, -0.1) is 0 Å². The van der Waals surface area contributed by atoms with E-state index in [9.17, 15) is 5.26 Å². The van der Waals surface area contributed by atoms with Crippen LogP contribution >= 0.6 is 0 Å². The van der Waals surface area contributed by atoms with Crippen LogP contribution in [0.4, 0.5) is 0 Å². The van der Waals surface area contributed by atoms with Crippen LogP contribution in [0.15, 0.2) is 48.5 Å². The molecule has 2 aromatic rings. The summed E-state index contributed by atoms with van der Waals surface area (Å²) in [7, 11) is 0. The van der Waals surface area contributed by atoms with Crippen LogP contribution in [0.3, 0.4) is 0 Å². The maximum atomic E-state index is 10.1. The molecule has 2 heteroatoms. The number of nitrogens with zero attached hydrogens (tertiary/aromatic N) is 1. The van der Waals surface area contributed by atoms with Crippen molar-refractivity contribution in [1.29, 1.82) is 5.26 Å². The largest absolute Gasteiger partial charge is 0.494 e. The summed E-state index contributed by atoms with van der Waals surface area (Å²) in [5.74, 6) is 1.77. The Morgan fingerprint density at radius 2 is 1.25 bits per heavy atom. The minimum Gasteiger partial charge on any atom is -0.494 e. The molecule has 0 aliphatic heterocycles. The Hall–Kier alpha value is -2.27. The third-order valence-electron chi connectivity index (χ3n) is 8.28. The van der Waals surface area contributed by atoms with Gasteiger partial charge in [0.1, 0.15) is 5.75 Å². The molecule has 0 unspecified atom stereocenters. The fraction of sp³-hybridized carbons (Fsp3) is 0.618. The van der Waals surface area contributed by atoms with E-state index in [0.717, 1.165) is 37.5 Å². The Morgan fingerprint density at radius 3 is 1.83 bits per heavy atom. The van der Waals surface area contributed by atoms with Gasteiger partial charge in [-0.2, -0.15) is 5.26 Å². The van der Waals surface area contributed by atoms with Gasteiger partial charge in [-0.3, -0.25) is 0 Å². The lowest BCUT2D eigenvalue weighted by atomic mass is 9.66. The van der Waals surface area contributed by atoms with Crippen LogP contribution in [0.25, 0.3) is 11.1 Å². The van der Waals surface area contributed by atoms with Gasteiger partial charge in [0.15, 0.2) is 0 Å². The zero-order valence-corrected chi connectivity index (χ0v) is 23.1. The first kappa shape index (κ1) is 28.3. The molecular formula is C34H49NO. The first-order valence-corrected chi connectivity index (χ1v) is 15.0. The molecule has 0 radical (unpaired) electrons. The van der Waals surface area contributed by atoms with E-state index in [1.54, 1.807) is 0 Å². The van der Waals surface area contributed by atoms with E-state index < -0.39 is 0 Å². The minimum atomic E-state index is -0.300. The summed E-state index contributed by atoms with van der Waals surface area (Å²) < 4.78 is 5.94. The van der Waals surface area contributed by atoms with Gasteiger partial charge in [-0.1, -0.05) is 121 Å². The molecule has 1 aliphatic carbocycles. The maximum absolute atomic E-state index is 10.1. The van der Waals surface area contributed by atoms with Crippen molar-refractivity contribution in [2.24, 2.45) is 5.92 Å². The molecule has 0 heterocycles. The fourth-order valence-corrected chi connectivity index (χ4v) is 5.76. The average Bonchev–Trinajstić information content (AvgIpc) is 2.93. The number of benzene rings is 2. The van der Waals surface area contributed by atoms with Crippen molar-refractivity contribution in [2.45, 2.75) is 122 Å². The molecule has 0 saturated heterocycles. The number of hydrogen-bond donors (Lipinski definition) is 0. The molecular weight excluding hydrogens is 438 g/mol. The summed E-state index contributed by atoms with van der Waals surface area (Å²) >= 11 is 0. The second-order valence-electron chi connectivity index (χ2n) is 11.1. The van der Waals surface area contributed by atoms with Crippen LogP contribution in [0, 0.1) is 17.2 Å². The van der Waals surface area contributed by atoms with E-state index in [1.165, 1.54) is 100 Å². The van der Waals surface area contributed by atoms with Crippen molar-refractivity contribution in [3.63, 3.8) is 0 Å². The molecule has 0 amide bonds. The van der Waals surface area contributed by atoms with Gasteiger partial charge in [-0.25, -0.2) is 0 Å². The van der Waals surface area contributed by atoms with Crippen molar-refractivity contribution in [1.82, 2.24) is 0 Å². The number of ether oxygens (including phenoxy) is 1. The highest BCUT2D eigenvalue weighted by Gasteiger charge is 2.36. The van der Waals surface area contributed by atoms with Crippen LogP contribution in [0.2, 0.25) is 0 Å². The van der Waals surface area contributed by atoms with Crippen LogP contribution < -0.4 is 4.74 Å². The van der Waals surface area contributed by atoms with E-state index in [4.69, 9.17) is 4.74 Å². The molecule has 1 fully saturated rings. The highest BCUT2D eigenvalue weighted by atomic mass is 16.5. The van der Waals surface area contributed by atoms with E-state index >= 15 is 0 Å². The van der Waals surface area contributed by atoms with Crippen molar-refractivity contribution in [2.75, 3.05) is 6.61 Å². The Kier molecular flexibility index (Phi) is 12.4. The van der Waals surface area contributed by atoms with Gasteiger partial charge in [0, 0.05) is 0 Å². The normalized spacial score (nSPS) is 19.6. The number of rotatable bonds is 16. The summed E-state index contributed by atoms with van der Waals surface area (Å²) in [6.07, 6.45) is 20.3. The van der Waals surface area contributed by atoms with Crippen molar-refractivity contribution >= 4 is 0 Å². The zero-order valence-electron chi connectivity index (χ0n) is 23.1. The molecule has 0 aromatic heterocycles. The molecule has 2 aromatic carbocycles. The summed E-state index contributed by atoms with van der Waals surface area (Å²) in [5, 5.41) is 10.1. The van der Waals surface area contributed by atoms with Crippen molar-refractivity contribution in [3.05, 3.63) is 54.1 Å². The second kappa shape index (κ2) is 15.8. The molecule has 0 spiro atoms. The molecule has 0 N–H and O–H groups in total. The third-order valence-corrected chi connectivity index (χ3v) is 8.28. The maximum Gasteiger partial charge on any atom is 0.119 e. The van der Waals surface area contributed by atoms with Crippen LogP contribution in [0.5, 0.6) is 5.75 Å². The molecule has 36 heavy (non-hydrogen) atoms. The number of hydrogen-bond acceptors (Lipinski definition) is 2. The molecule has 0 bridgehead atoms. The van der Waals surface area contributed by atoms with Crippen LogP contribution in [0.1, 0.15) is 122 Å². The molecule has 2 nitrogen and oxygen atoms in total. The average molecular weight is 488 g/mol. The summed E-state index contributed by atoms with van der Waals surface area (Å²) in [5.41, 5.74) is 3.31. The summed E-state index contributed by atoms with van der Waals surface area (Å²) in [4.78, 5) is 0. The Morgan fingerprint density at radius 1 is 0.722 bits per heavy atom. The first-order chi connectivity index (χ1) is 17.7. The smallest absolute Gasteiger partial charge is 0.119 e. The van der Waals surface area contributed by atoms with Crippen LogP contribution in [-0.2, 0) is 5.41 Å². The predicted molar refractivity (Wildman–Crippen MR) is 153 cm³/mol.